The van der Waals surface area contributed by atoms with Crippen LogP contribution >= 0.6 is 0 Å². The molecule has 2 heteroatoms. The first kappa shape index (κ1) is 11.6. The molecule has 0 aliphatic carbocycles. The molecule has 80 valence electrons. The summed E-state index contributed by atoms with van der Waals surface area (Å²) in [6.45, 7) is 7.66. The first-order chi connectivity index (χ1) is 7.24. The summed E-state index contributed by atoms with van der Waals surface area (Å²) < 4.78 is 13.5. The minimum Gasteiger partial charge on any atom is -0.228 e. The Hall–Kier alpha value is -1.44. The maximum absolute atomic E-state index is 13.5. The van der Waals surface area contributed by atoms with Crippen molar-refractivity contribution in [3.05, 3.63) is 48.1 Å². The van der Waals surface area contributed by atoms with Crippen molar-refractivity contribution >= 4 is 5.57 Å². The van der Waals surface area contributed by atoms with Crippen LogP contribution in [0.15, 0.2) is 31.0 Å². The number of hydrogen-bond acceptors (Lipinski definition) is 1. The molecule has 0 saturated heterocycles. The van der Waals surface area contributed by atoms with Crippen LogP contribution in [0.5, 0.6) is 0 Å². The molecule has 0 fully saturated rings. The van der Waals surface area contributed by atoms with E-state index in [1.165, 1.54) is 6.20 Å². The van der Waals surface area contributed by atoms with Gasteiger partial charge in [-0.3, -0.25) is 0 Å². The predicted molar refractivity (Wildman–Crippen MR) is 62.0 cm³/mol. The second-order valence-corrected chi connectivity index (χ2v) is 3.29. The molecule has 0 N–H and O–H groups in total. The van der Waals surface area contributed by atoms with Crippen molar-refractivity contribution < 1.29 is 4.39 Å². The van der Waals surface area contributed by atoms with Gasteiger partial charge >= 0.3 is 0 Å². The average Bonchev–Trinajstić information content (AvgIpc) is 2.24. The molecule has 1 rings (SSSR count). The molecule has 0 aliphatic rings. The second kappa shape index (κ2) is 5.44. The number of rotatable bonds is 4. The van der Waals surface area contributed by atoms with Gasteiger partial charge in [0.2, 0.25) is 5.95 Å². The maximum Gasteiger partial charge on any atom is 0.216 e. The molecular weight excluding hydrogens is 189 g/mol. The first-order valence-electron chi connectivity index (χ1n) is 5.14. The van der Waals surface area contributed by atoms with Crippen molar-refractivity contribution in [2.75, 3.05) is 0 Å². The zero-order valence-electron chi connectivity index (χ0n) is 9.26. The fourth-order valence-electron chi connectivity index (χ4n) is 1.66. The molecule has 0 unspecified atom stereocenters. The van der Waals surface area contributed by atoms with E-state index in [9.17, 15) is 4.39 Å². The number of halogens is 1. The van der Waals surface area contributed by atoms with Crippen LogP contribution in [-0.2, 0) is 6.42 Å². The van der Waals surface area contributed by atoms with Crippen LogP contribution in [0, 0.1) is 5.95 Å². The van der Waals surface area contributed by atoms with Gasteiger partial charge in [0.15, 0.2) is 0 Å². The van der Waals surface area contributed by atoms with Crippen LogP contribution in [-0.4, -0.2) is 4.98 Å². The lowest BCUT2D eigenvalue weighted by atomic mass is 9.97. The minimum atomic E-state index is -0.389. The Kier molecular flexibility index (Phi) is 4.22. The number of allylic oxidation sites excluding steroid dienone is 3. The third-order valence-corrected chi connectivity index (χ3v) is 2.43. The lowest BCUT2D eigenvalue weighted by molar-refractivity contribution is 0.570. The van der Waals surface area contributed by atoms with Crippen molar-refractivity contribution in [1.29, 1.82) is 0 Å². The highest BCUT2D eigenvalue weighted by Crippen LogP contribution is 2.23. The van der Waals surface area contributed by atoms with E-state index >= 15 is 0 Å². The smallest absolute Gasteiger partial charge is 0.216 e. The van der Waals surface area contributed by atoms with Gasteiger partial charge in [0, 0.05) is 11.8 Å². The molecule has 0 aliphatic heterocycles. The van der Waals surface area contributed by atoms with Gasteiger partial charge in [-0.15, -0.1) is 6.58 Å². The Balaban J connectivity index is 3.27. The van der Waals surface area contributed by atoms with Crippen LogP contribution in [0.1, 0.15) is 31.4 Å². The average molecular weight is 205 g/mol. The van der Waals surface area contributed by atoms with Crippen molar-refractivity contribution in [2.45, 2.75) is 26.7 Å². The van der Waals surface area contributed by atoms with E-state index in [0.29, 0.717) is 12.0 Å². The molecule has 0 saturated carbocycles. The zero-order chi connectivity index (χ0) is 11.3. The SMILES string of the molecule is C=CCc1c(C(=CC)CC)ccnc1F. The molecular formula is C13H16FN. The molecule has 1 aromatic heterocycles. The molecule has 1 nitrogen and oxygen atoms in total. The van der Waals surface area contributed by atoms with Gasteiger partial charge in [0.05, 0.1) is 0 Å². The Morgan fingerprint density at radius 2 is 2.33 bits per heavy atom. The quantitative estimate of drug-likeness (QED) is 0.538. The monoisotopic (exact) mass is 205 g/mol. The van der Waals surface area contributed by atoms with Crippen molar-refractivity contribution in [3.8, 4) is 0 Å². The molecule has 0 atom stereocenters. The van der Waals surface area contributed by atoms with Gasteiger partial charge in [-0.2, -0.15) is 4.39 Å². The van der Waals surface area contributed by atoms with Gasteiger partial charge in [-0.05, 0) is 37.0 Å². The van der Waals surface area contributed by atoms with Crippen LogP contribution in [0.4, 0.5) is 4.39 Å². The van der Waals surface area contributed by atoms with Gasteiger partial charge < -0.3 is 0 Å². The lowest BCUT2D eigenvalue weighted by Crippen LogP contribution is -1.99. The number of nitrogens with zero attached hydrogens (tertiary/aromatic N) is 1. The van der Waals surface area contributed by atoms with Crippen LogP contribution in [0.3, 0.4) is 0 Å². The van der Waals surface area contributed by atoms with Gasteiger partial charge in [0.25, 0.3) is 0 Å². The van der Waals surface area contributed by atoms with E-state index in [1.54, 1.807) is 6.08 Å². The summed E-state index contributed by atoms with van der Waals surface area (Å²) >= 11 is 0. The summed E-state index contributed by atoms with van der Waals surface area (Å²) in [5.74, 6) is -0.389. The van der Waals surface area contributed by atoms with E-state index in [1.807, 2.05) is 19.1 Å². The zero-order valence-corrected chi connectivity index (χ0v) is 9.26. The van der Waals surface area contributed by atoms with Crippen LogP contribution in [0.2, 0.25) is 0 Å². The molecule has 0 amide bonds. The van der Waals surface area contributed by atoms with E-state index in [0.717, 1.165) is 17.6 Å². The Bertz CT molecular complexity index is 380. The maximum atomic E-state index is 13.5. The summed E-state index contributed by atoms with van der Waals surface area (Å²) in [6, 6.07) is 1.86. The summed E-state index contributed by atoms with van der Waals surface area (Å²) in [5.41, 5.74) is 2.74. The van der Waals surface area contributed by atoms with Gasteiger partial charge in [0.1, 0.15) is 0 Å². The molecule has 1 heterocycles. The highest BCUT2D eigenvalue weighted by atomic mass is 19.1. The molecule has 0 bridgehead atoms. The number of hydrogen-bond donors (Lipinski definition) is 0. The van der Waals surface area contributed by atoms with Gasteiger partial charge in [-0.25, -0.2) is 4.98 Å². The van der Waals surface area contributed by atoms with Crippen molar-refractivity contribution in [3.63, 3.8) is 0 Å². The molecule has 15 heavy (non-hydrogen) atoms. The number of pyridine rings is 1. The summed E-state index contributed by atoms with van der Waals surface area (Å²) in [5, 5.41) is 0. The largest absolute Gasteiger partial charge is 0.228 e. The van der Waals surface area contributed by atoms with Gasteiger partial charge in [-0.1, -0.05) is 19.1 Å². The standard InChI is InChI=1S/C13H16FN/c1-4-7-12-11(10(5-2)6-3)8-9-15-13(12)14/h4-5,8-9H,1,6-7H2,2-3H3. The van der Waals surface area contributed by atoms with E-state index in [-0.39, 0.29) is 5.95 Å². The fraction of sp³-hybridized carbons (Fsp3) is 0.308. The van der Waals surface area contributed by atoms with E-state index in [4.69, 9.17) is 0 Å². The van der Waals surface area contributed by atoms with Crippen LogP contribution < -0.4 is 0 Å². The topological polar surface area (TPSA) is 12.9 Å². The molecule has 0 aromatic carbocycles. The minimum absolute atomic E-state index is 0.389. The number of aromatic nitrogens is 1. The van der Waals surface area contributed by atoms with E-state index in [2.05, 4.69) is 18.5 Å². The lowest BCUT2D eigenvalue weighted by Gasteiger charge is -2.10. The van der Waals surface area contributed by atoms with Crippen molar-refractivity contribution in [2.24, 2.45) is 0 Å². The van der Waals surface area contributed by atoms with Crippen LogP contribution in [0.25, 0.3) is 5.57 Å². The third kappa shape index (κ3) is 2.52. The highest BCUT2D eigenvalue weighted by Gasteiger charge is 2.10. The summed E-state index contributed by atoms with van der Waals surface area (Å²) in [7, 11) is 0. The van der Waals surface area contributed by atoms with E-state index < -0.39 is 0 Å². The summed E-state index contributed by atoms with van der Waals surface area (Å²) in [4.78, 5) is 3.67. The third-order valence-electron chi connectivity index (χ3n) is 2.43. The summed E-state index contributed by atoms with van der Waals surface area (Å²) in [6.07, 6.45) is 6.64. The molecule has 0 radical (unpaired) electrons. The predicted octanol–water partition coefficient (Wildman–Crippen LogP) is 3.76. The van der Waals surface area contributed by atoms with Crippen molar-refractivity contribution in [1.82, 2.24) is 4.98 Å². The fourth-order valence-corrected chi connectivity index (χ4v) is 1.66. The Morgan fingerprint density at radius 1 is 1.60 bits per heavy atom. The Morgan fingerprint density at radius 3 is 2.87 bits per heavy atom. The Labute approximate surface area is 90.4 Å². The first-order valence-corrected chi connectivity index (χ1v) is 5.14. The second-order valence-electron chi connectivity index (χ2n) is 3.29. The molecule has 0 spiro atoms. The highest BCUT2D eigenvalue weighted by molar-refractivity contribution is 5.67. The molecule has 1 aromatic rings. The normalized spacial score (nSPS) is 11.5.